The Hall–Kier alpha value is -2.41. The van der Waals surface area contributed by atoms with Crippen LogP contribution < -0.4 is 9.62 Å². The quantitative estimate of drug-likeness (QED) is 0.339. The number of hydrogen-bond donors (Lipinski definition) is 4. The molecule has 0 saturated carbocycles. The summed E-state index contributed by atoms with van der Waals surface area (Å²) in [5.74, 6) is 1.08. The third-order valence-corrected chi connectivity index (χ3v) is 5.45. The van der Waals surface area contributed by atoms with Gasteiger partial charge in [0.2, 0.25) is 11.4 Å². The summed E-state index contributed by atoms with van der Waals surface area (Å²) < 4.78 is 43.6. The van der Waals surface area contributed by atoms with Crippen LogP contribution in [0, 0.1) is 5.41 Å². The van der Waals surface area contributed by atoms with Crippen LogP contribution in [-0.2, 0) is 16.1 Å². The van der Waals surface area contributed by atoms with E-state index < -0.39 is 23.5 Å². The molecule has 3 heterocycles. The summed E-state index contributed by atoms with van der Waals surface area (Å²) in [5, 5.41) is 7.17. The van der Waals surface area contributed by atoms with Gasteiger partial charge < -0.3 is 14.6 Å². The van der Waals surface area contributed by atoms with Crippen molar-refractivity contribution in [1.29, 1.82) is 5.41 Å². The zero-order chi connectivity index (χ0) is 22.4. The molecule has 1 saturated heterocycles. The van der Waals surface area contributed by atoms with Gasteiger partial charge >= 0.3 is 0 Å². The molecule has 168 valence electrons. The molecule has 3 atom stereocenters. The SMILES string of the molecule is CCC(N[S+](C)O)C1CN(c2cc(-c3cnc(/C=C\C(=N)C(F)F)[nH]3)ncn2)CCO1. The maximum absolute atomic E-state index is 12.4. The van der Waals surface area contributed by atoms with Crippen LogP contribution in [0.25, 0.3) is 17.5 Å². The average Bonchev–Trinajstić information content (AvgIpc) is 3.25. The zero-order valence-electron chi connectivity index (χ0n) is 17.3. The van der Waals surface area contributed by atoms with Gasteiger partial charge in [-0.05, 0) is 18.6 Å². The van der Waals surface area contributed by atoms with Crippen molar-refractivity contribution >= 4 is 29.0 Å². The smallest absolute Gasteiger partial charge is 0.279 e. The highest BCUT2D eigenvalue weighted by molar-refractivity contribution is 7.88. The van der Waals surface area contributed by atoms with E-state index in [1.807, 2.05) is 13.0 Å². The van der Waals surface area contributed by atoms with Crippen LogP contribution in [0.15, 0.2) is 24.7 Å². The molecule has 31 heavy (non-hydrogen) atoms. The molecule has 0 bridgehead atoms. The normalized spacial score (nSPS) is 19.2. The van der Waals surface area contributed by atoms with E-state index >= 15 is 0 Å². The van der Waals surface area contributed by atoms with Crippen LogP contribution in [0.1, 0.15) is 19.2 Å². The Balaban J connectivity index is 1.72. The molecule has 3 unspecified atom stereocenters. The van der Waals surface area contributed by atoms with Gasteiger partial charge in [0.15, 0.2) is 6.26 Å². The van der Waals surface area contributed by atoms with E-state index in [9.17, 15) is 13.3 Å². The van der Waals surface area contributed by atoms with Crippen molar-refractivity contribution in [3.05, 3.63) is 30.5 Å². The zero-order valence-corrected chi connectivity index (χ0v) is 18.1. The Labute approximate surface area is 182 Å². The second-order valence-corrected chi connectivity index (χ2v) is 8.19. The second kappa shape index (κ2) is 10.8. The monoisotopic (exact) mass is 454 g/mol. The predicted octanol–water partition coefficient (Wildman–Crippen LogP) is 2.37. The Kier molecular flexibility index (Phi) is 8.07. The number of H-pyrrole nitrogens is 1. The Morgan fingerprint density at radius 1 is 1.48 bits per heavy atom. The van der Waals surface area contributed by atoms with E-state index in [0.717, 1.165) is 18.3 Å². The van der Waals surface area contributed by atoms with Crippen LogP contribution in [0.5, 0.6) is 0 Å². The fourth-order valence-corrected chi connectivity index (χ4v) is 3.98. The number of halogens is 2. The van der Waals surface area contributed by atoms with Gasteiger partial charge in [0.25, 0.3) is 6.43 Å². The lowest BCUT2D eigenvalue weighted by atomic mass is 10.1. The number of hydrogen-bond acceptors (Lipinski definition) is 8. The molecule has 0 aromatic carbocycles. The molecule has 0 aliphatic carbocycles. The van der Waals surface area contributed by atoms with Crippen LogP contribution in [0.3, 0.4) is 0 Å². The molecular formula is C19H26F2N7O2S+. The Morgan fingerprint density at radius 2 is 2.29 bits per heavy atom. The maximum atomic E-state index is 12.4. The lowest BCUT2D eigenvalue weighted by Gasteiger charge is -2.36. The van der Waals surface area contributed by atoms with E-state index in [1.165, 1.54) is 12.4 Å². The minimum Gasteiger partial charge on any atom is -0.373 e. The molecule has 1 fully saturated rings. The summed E-state index contributed by atoms with van der Waals surface area (Å²) >= 11 is -0.882. The van der Waals surface area contributed by atoms with E-state index in [0.29, 0.717) is 36.9 Å². The molecular weight excluding hydrogens is 428 g/mol. The molecule has 12 heteroatoms. The highest BCUT2D eigenvalue weighted by atomic mass is 32.2. The molecule has 0 spiro atoms. The number of imidazole rings is 1. The van der Waals surface area contributed by atoms with Crippen molar-refractivity contribution in [3.63, 3.8) is 0 Å². The van der Waals surface area contributed by atoms with Gasteiger partial charge in [-0.2, -0.15) is 4.55 Å². The lowest BCUT2D eigenvalue weighted by Crippen LogP contribution is -2.53. The molecule has 2 aromatic heterocycles. The number of aromatic nitrogens is 4. The van der Waals surface area contributed by atoms with Crippen LogP contribution >= 0.6 is 0 Å². The topological polar surface area (TPSA) is 123 Å². The van der Waals surface area contributed by atoms with Crippen LogP contribution in [0.4, 0.5) is 14.6 Å². The summed E-state index contributed by atoms with van der Waals surface area (Å²) in [7, 11) is 0. The molecule has 4 N–H and O–H groups in total. The number of anilines is 1. The minimum absolute atomic E-state index is 0.0244. The second-order valence-electron chi connectivity index (χ2n) is 7.00. The molecule has 3 rings (SSSR count). The Morgan fingerprint density at radius 3 is 3.00 bits per heavy atom. The van der Waals surface area contributed by atoms with Crippen molar-refractivity contribution in [1.82, 2.24) is 24.7 Å². The van der Waals surface area contributed by atoms with E-state index in [4.69, 9.17) is 10.1 Å². The number of morpholine rings is 1. The lowest BCUT2D eigenvalue weighted by molar-refractivity contribution is 0.0192. The van der Waals surface area contributed by atoms with Gasteiger partial charge in [0.05, 0.1) is 42.0 Å². The van der Waals surface area contributed by atoms with Crippen molar-refractivity contribution in [2.45, 2.75) is 31.9 Å². The number of alkyl halides is 2. The number of rotatable bonds is 9. The fraction of sp³-hybridized carbons (Fsp3) is 0.474. The highest BCUT2D eigenvalue weighted by Crippen LogP contribution is 2.22. The number of nitrogens with zero attached hydrogens (tertiary/aromatic N) is 4. The van der Waals surface area contributed by atoms with Gasteiger partial charge in [-0.15, -0.1) is 4.72 Å². The largest absolute Gasteiger partial charge is 0.373 e. The van der Waals surface area contributed by atoms with Gasteiger partial charge in [0, 0.05) is 19.2 Å². The van der Waals surface area contributed by atoms with E-state index in [2.05, 4.69) is 29.6 Å². The van der Waals surface area contributed by atoms with Gasteiger partial charge in [-0.3, -0.25) is 5.41 Å². The molecule has 2 aromatic rings. The van der Waals surface area contributed by atoms with Crippen LogP contribution in [-0.4, -0.2) is 74.7 Å². The summed E-state index contributed by atoms with van der Waals surface area (Å²) in [6.45, 7) is 3.88. The first-order valence-electron chi connectivity index (χ1n) is 9.77. The number of allylic oxidation sites excluding steroid dienone is 1. The standard InChI is InChI=1S/C19H26F2N7O2S/c1-3-13(27-31(2)29)16-10-28(6-7-30-16)18-8-14(24-11-25-18)15-9-23-17(26-15)5-4-12(22)19(20)21/h4-5,8-9,11,13,16,19,22,27,29H,3,6-7,10H2,1-2H3,(H,23,26)/q+1/b5-4-,22-12?. The fourth-order valence-electron chi connectivity index (χ4n) is 3.23. The third kappa shape index (κ3) is 6.29. The van der Waals surface area contributed by atoms with Crippen molar-refractivity contribution in [2.75, 3.05) is 30.9 Å². The van der Waals surface area contributed by atoms with Gasteiger partial charge in [-0.1, -0.05) is 6.92 Å². The predicted molar refractivity (Wildman–Crippen MR) is 117 cm³/mol. The summed E-state index contributed by atoms with van der Waals surface area (Å²) in [6, 6.07) is 1.85. The molecule has 0 radical (unpaired) electrons. The summed E-state index contributed by atoms with van der Waals surface area (Å²) in [5.41, 5.74) is 0.444. The molecule has 9 nitrogen and oxygen atoms in total. The molecule has 0 amide bonds. The van der Waals surface area contributed by atoms with Crippen molar-refractivity contribution < 1.29 is 18.1 Å². The van der Waals surface area contributed by atoms with Gasteiger partial charge in [0.1, 0.15) is 18.0 Å². The molecule has 1 aliphatic rings. The summed E-state index contributed by atoms with van der Waals surface area (Å²) in [4.78, 5) is 17.9. The molecule has 1 aliphatic heterocycles. The van der Waals surface area contributed by atoms with Gasteiger partial charge in [-0.25, -0.2) is 23.7 Å². The number of nitrogens with one attached hydrogen (secondary N) is 3. The van der Waals surface area contributed by atoms with Crippen LogP contribution in [0.2, 0.25) is 0 Å². The highest BCUT2D eigenvalue weighted by Gasteiger charge is 2.31. The van der Waals surface area contributed by atoms with E-state index in [-0.39, 0.29) is 12.1 Å². The van der Waals surface area contributed by atoms with E-state index in [1.54, 1.807) is 12.5 Å². The van der Waals surface area contributed by atoms with Crippen molar-refractivity contribution in [2.24, 2.45) is 0 Å². The summed E-state index contributed by atoms with van der Waals surface area (Å²) in [6.07, 6.45) is 4.98. The first kappa shape index (κ1) is 23.3. The Bertz CT molecular complexity index is 909. The number of ether oxygens (including phenoxy) is 1. The van der Waals surface area contributed by atoms with Crippen molar-refractivity contribution in [3.8, 4) is 11.4 Å². The minimum atomic E-state index is -2.82. The first-order valence-corrected chi connectivity index (χ1v) is 11.4. The first-order chi connectivity index (χ1) is 14.9. The average molecular weight is 455 g/mol. The third-order valence-electron chi connectivity index (χ3n) is 4.81. The number of aromatic amines is 1. The maximum Gasteiger partial charge on any atom is 0.279 e.